The van der Waals surface area contributed by atoms with Crippen molar-refractivity contribution in [2.24, 2.45) is 22.7 Å². The van der Waals surface area contributed by atoms with Crippen LogP contribution < -0.4 is 5.32 Å². The number of hydrogen-bond acceptors (Lipinski definition) is 4. The summed E-state index contributed by atoms with van der Waals surface area (Å²) in [6.07, 6.45) is 6.53. The van der Waals surface area contributed by atoms with E-state index in [1.807, 2.05) is 6.92 Å². The minimum atomic E-state index is -1.84. The second-order valence-corrected chi connectivity index (χ2v) is 10.8. The average Bonchev–Trinajstić information content (AvgIpc) is 3.29. The Morgan fingerprint density at radius 2 is 1.96 bits per heavy atom. The smallest absolute Gasteiger partial charge is 0.259 e. The van der Waals surface area contributed by atoms with Crippen LogP contribution in [-0.2, 0) is 9.59 Å². The highest BCUT2D eigenvalue weighted by molar-refractivity contribution is 8.16. The average molecular weight is 396 g/mol. The zero-order chi connectivity index (χ0) is 19.4. The van der Waals surface area contributed by atoms with Crippen molar-refractivity contribution in [2.45, 2.75) is 75.8 Å². The number of nitrogens with zero attached hydrogens (tertiary/aromatic N) is 2. The molecular weight excluding hydrogens is 365 g/mol. The molecule has 4 rings (SSSR count). The Morgan fingerprint density at radius 1 is 1.26 bits per heavy atom. The van der Waals surface area contributed by atoms with Gasteiger partial charge in [-0.05, 0) is 70.6 Å². The summed E-state index contributed by atoms with van der Waals surface area (Å²) in [6, 6.07) is 0.375. The third-order valence-corrected chi connectivity index (χ3v) is 8.38. The standard InChI is InChI=1S/C20H30FN3O2S/c1-19(2,21)17(26)24-8-6-14(7-9-24)20(3)16(25)23-18(27-20)22-15-11-12-4-5-13(15)10-12/h12-15H,4-11H2,1-3H3,(H,22,23,25)/t12-,13-,15-,20?/m0/s1. The second-order valence-electron chi connectivity index (χ2n) is 9.38. The number of amides is 2. The number of halogens is 1. The number of nitrogens with one attached hydrogen (secondary N) is 1. The zero-order valence-electron chi connectivity index (χ0n) is 16.5. The number of alkyl halides is 1. The van der Waals surface area contributed by atoms with Crippen LogP contribution in [0.2, 0.25) is 0 Å². The van der Waals surface area contributed by atoms with Crippen LogP contribution in [0.1, 0.15) is 59.3 Å². The maximum atomic E-state index is 13.9. The topological polar surface area (TPSA) is 61.8 Å². The Balaban J connectivity index is 1.39. The number of thioether (sulfide) groups is 1. The van der Waals surface area contributed by atoms with Crippen molar-refractivity contribution >= 4 is 28.7 Å². The molecule has 2 aliphatic heterocycles. The quantitative estimate of drug-likeness (QED) is 0.799. The molecule has 4 fully saturated rings. The molecule has 27 heavy (non-hydrogen) atoms. The summed E-state index contributed by atoms with van der Waals surface area (Å²) in [5.74, 6) is 1.28. The number of piperidine rings is 1. The van der Waals surface area contributed by atoms with Crippen molar-refractivity contribution in [2.75, 3.05) is 13.1 Å². The molecule has 4 aliphatic rings. The lowest BCUT2D eigenvalue weighted by Gasteiger charge is -2.39. The van der Waals surface area contributed by atoms with Crippen LogP contribution in [0.15, 0.2) is 4.99 Å². The van der Waals surface area contributed by atoms with Crippen LogP contribution in [0.25, 0.3) is 0 Å². The summed E-state index contributed by atoms with van der Waals surface area (Å²) in [5.41, 5.74) is -1.84. The summed E-state index contributed by atoms with van der Waals surface area (Å²) >= 11 is 1.57. The molecule has 0 radical (unpaired) electrons. The molecule has 0 spiro atoms. The lowest BCUT2D eigenvalue weighted by Crippen LogP contribution is -2.50. The van der Waals surface area contributed by atoms with Gasteiger partial charge >= 0.3 is 0 Å². The third-order valence-electron chi connectivity index (χ3n) is 7.03. The maximum Gasteiger partial charge on any atom is 0.259 e. The summed E-state index contributed by atoms with van der Waals surface area (Å²) < 4.78 is 13.4. The van der Waals surface area contributed by atoms with Gasteiger partial charge < -0.3 is 10.2 Å². The van der Waals surface area contributed by atoms with Gasteiger partial charge in [-0.2, -0.15) is 0 Å². The Labute approximate surface area is 164 Å². The van der Waals surface area contributed by atoms with Gasteiger partial charge in [0.2, 0.25) is 5.91 Å². The SMILES string of the molecule is CC(C)(F)C(=O)N1CCC(C2(C)SC(=N[C@H]3C[C@H]4CC[C@H]3C4)NC2=O)CC1. The first-order valence-corrected chi connectivity index (χ1v) is 11.0. The Bertz CT molecular complexity index is 669. The lowest BCUT2D eigenvalue weighted by atomic mass is 9.83. The number of aliphatic imine (C=N–C) groups is 1. The number of carbonyl (C=O) groups is 2. The first-order valence-electron chi connectivity index (χ1n) is 10.2. The fourth-order valence-electron chi connectivity index (χ4n) is 5.35. The van der Waals surface area contributed by atoms with Gasteiger partial charge in [-0.1, -0.05) is 18.2 Å². The molecule has 2 bridgehead atoms. The van der Waals surface area contributed by atoms with Crippen LogP contribution in [0, 0.1) is 17.8 Å². The minimum Gasteiger partial charge on any atom is -0.340 e. The van der Waals surface area contributed by atoms with E-state index in [9.17, 15) is 14.0 Å². The number of amidine groups is 1. The zero-order valence-corrected chi connectivity index (χ0v) is 17.3. The van der Waals surface area contributed by atoms with Crippen molar-refractivity contribution < 1.29 is 14.0 Å². The first-order chi connectivity index (χ1) is 12.7. The molecule has 1 unspecified atom stereocenters. The molecule has 150 valence electrons. The number of likely N-dealkylation sites (tertiary alicyclic amines) is 1. The van der Waals surface area contributed by atoms with E-state index in [0.717, 1.165) is 23.9 Å². The summed E-state index contributed by atoms with van der Waals surface area (Å²) in [4.78, 5) is 31.4. The van der Waals surface area contributed by atoms with Crippen LogP contribution in [0.4, 0.5) is 4.39 Å². The van der Waals surface area contributed by atoms with Gasteiger partial charge in [-0.3, -0.25) is 14.6 Å². The van der Waals surface area contributed by atoms with Crippen LogP contribution in [-0.4, -0.2) is 51.4 Å². The van der Waals surface area contributed by atoms with Gasteiger partial charge in [0.1, 0.15) is 4.75 Å². The van der Waals surface area contributed by atoms with Crippen molar-refractivity contribution in [1.82, 2.24) is 10.2 Å². The fraction of sp³-hybridized carbons (Fsp3) is 0.850. The normalized spacial score (nSPS) is 38.7. The van der Waals surface area contributed by atoms with E-state index in [-0.39, 0.29) is 11.8 Å². The van der Waals surface area contributed by atoms with E-state index in [1.54, 1.807) is 16.7 Å². The molecule has 5 nitrogen and oxygen atoms in total. The van der Waals surface area contributed by atoms with E-state index in [0.29, 0.717) is 25.0 Å². The minimum absolute atomic E-state index is 0.0324. The molecule has 1 N–H and O–H groups in total. The largest absolute Gasteiger partial charge is 0.340 e. The highest BCUT2D eigenvalue weighted by atomic mass is 32.2. The van der Waals surface area contributed by atoms with Crippen LogP contribution in [0.5, 0.6) is 0 Å². The van der Waals surface area contributed by atoms with Gasteiger partial charge in [0, 0.05) is 13.1 Å². The fourth-order valence-corrected chi connectivity index (χ4v) is 6.63. The number of fused-ring (bicyclic) bond motifs is 2. The molecule has 2 saturated heterocycles. The molecule has 0 aromatic rings. The molecule has 7 heteroatoms. The molecule has 4 atom stereocenters. The molecular formula is C20H30FN3O2S. The predicted octanol–water partition coefficient (Wildman–Crippen LogP) is 3.14. The summed E-state index contributed by atoms with van der Waals surface area (Å²) in [7, 11) is 0. The van der Waals surface area contributed by atoms with Gasteiger partial charge in [0.25, 0.3) is 5.91 Å². The molecule has 2 amide bonds. The van der Waals surface area contributed by atoms with E-state index < -0.39 is 16.3 Å². The van der Waals surface area contributed by atoms with E-state index in [2.05, 4.69) is 5.32 Å². The molecule has 2 heterocycles. The molecule has 0 aromatic carbocycles. The van der Waals surface area contributed by atoms with Crippen molar-refractivity contribution in [1.29, 1.82) is 0 Å². The molecule has 2 saturated carbocycles. The van der Waals surface area contributed by atoms with Gasteiger partial charge in [-0.25, -0.2) is 4.39 Å². The van der Waals surface area contributed by atoms with Gasteiger partial charge in [-0.15, -0.1) is 0 Å². The second kappa shape index (κ2) is 6.75. The van der Waals surface area contributed by atoms with E-state index >= 15 is 0 Å². The van der Waals surface area contributed by atoms with E-state index in [4.69, 9.17) is 4.99 Å². The first kappa shape index (κ1) is 19.2. The number of hydrogen-bond donors (Lipinski definition) is 1. The Hall–Kier alpha value is -1.11. The molecule has 0 aromatic heterocycles. The number of carbonyl (C=O) groups excluding carboxylic acids is 2. The van der Waals surface area contributed by atoms with Crippen LogP contribution >= 0.6 is 11.8 Å². The van der Waals surface area contributed by atoms with Gasteiger partial charge in [0.15, 0.2) is 10.8 Å². The third kappa shape index (κ3) is 3.52. The predicted molar refractivity (Wildman–Crippen MR) is 105 cm³/mol. The monoisotopic (exact) mass is 395 g/mol. The number of rotatable bonds is 3. The van der Waals surface area contributed by atoms with Crippen molar-refractivity contribution in [3.63, 3.8) is 0 Å². The van der Waals surface area contributed by atoms with Gasteiger partial charge in [0.05, 0.1) is 6.04 Å². The summed E-state index contributed by atoms with van der Waals surface area (Å²) in [5, 5.41) is 3.80. The molecule has 2 aliphatic carbocycles. The summed E-state index contributed by atoms with van der Waals surface area (Å²) in [6.45, 7) is 5.64. The highest BCUT2D eigenvalue weighted by Gasteiger charge is 2.50. The Kier molecular flexibility index (Phi) is 4.80. The maximum absolute atomic E-state index is 13.9. The Morgan fingerprint density at radius 3 is 2.52 bits per heavy atom. The lowest BCUT2D eigenvalue weighted by molar-refractivity contribution is -0.143. The van der Waals surface area contributed by atoms with Crippen molar-refractivity contribution in [3.05, 3.63) is 0 Å². The highest BCUT2D eigenvalue weighted by Crippen LogP contribution is 2.48. The van der Waals surface area contributed by atoms with Crippen molar-refractivity contribution in [3.8, 4) is 0 Å². The van der Waals surface area contributed by atoms with Crippen LogP contribution in [0.3, 0.4) is 0 Å². The van der Waals surface area contributed by atoms with E-state index in [1.165, 1.54) is 39.5 Å².